The minimum atomic E-state index is 0.149. The van der Waals surface area contributed by atoms with Gasteiger partial charge in [-0.1, -0.05) is 13.0 Å². The second kappa shape index (κ2) is 6.99. The Morgan fingerprint density at radius 3 is 2.81 bits per heavy atom. The third-order valence-corrected chi connectivity index (χ3v) is 6.71. The fraction of sp³-hybridized carbons (Fsp3) is 0.667. The van der Waals surface area contributed by atoms with Gasteiger partial charge in [0, 0.05) is 25.1 Å². The molecule has 1 aromatic carbocycles. The molecular formula is C21H28N2O4. The quantitative estimate of drug-likeness (QED) is 0.742. The van der Waals surface area contributed by atoms with Gasteiger partial charge in [0.1, 0.15) is 6.61 Å². The van der Waals surface area contributed by atoms with E-state index in [1.807, 2.05) is 6.07 Å². The van der Waals surface area contributed by atoms with E-state index in [2.05, 4.69) is 28.9 Å². The molecule has 146 valence electrons. The molecule has 4 saturated heterocycles. The number of rotatable bonds is 5. The molecule has 5 heterocycles. The lowest BCUT2D eigenvalue weighted by atomic mass is 9.75. The molecule has 0 N–H and O–H groups in total. The van der Waals surface area contributed by atoms with Crippen molar-refractivity contribution < 1.29 is 19.0 Å². The highest BCUT2D eigenvalue weighted by molar-refractivity contribution is 5.78. The first-order valence-electron chi connectivity index (χ1n) is 10.3. The lowest BCUT2D eigenvalue weighted by molar-refractivity contribution is -0.140. The molecule has 0 aromatic heterocycles. The number of benzene rings is 1. The van der Waals surface area contributed by atoms with Gasteiger partial charge in [-0.3, -0.25) is 9.69 Å². The Balaban J connectivity index is 1.43. The number of hydrogen-bond acceptors (Lipinski definition) is 5. The molecule has 5 aliphatic heterocycles. The smallest absolute Gasteiger partial charge is 0.248 e. The number of amides is 1. The molecule has 6 rings (SSSR count). The Morgan fingerprint density at radius 2 is 2.00 bits per heavy atom. The first-order valence-corrected chi connectivity index (χ1v) is 10.3. The van der Waals surface area contributed by atoms with E-state index in [-0.39, 0.29) is 12.5 Å². The van der Waals surface area contributed by atoms with Crippen LogP contribution in [0.3, 0.4) is 0 Å². The van der Waals surface area contributed by atoms with Crippen LogP contribution in [-0.2, 0) is 9.53 Å². The Bertz CT molecular complexity index is 716. The van der Waals surface area contributed by atoms with Crippen molar-refractivity contribution in [2.45, 2.75) is 44.2 Å². The van der Waals surface area contributed by atoms with Gasteiger partial charge in [-0.25, -0.2) is 0 Å². The average molecular weight is 372 g/mol. The summed E-state index contributed by atoms with van der Waals surface area (Å²) < 4.78 is 16.6. The number of piperidine rings is 3. The highest BCUT2D eigenvalue weighted by Crippen LogP contribution is 2.47. The molecule has 1 aromatic rings. The van der Waals surface area contributed by atoms with Crippen molar-refractivity contribution in [1.82, 2.24) is 9.80 Å². The van der Waals surface area contributed by atoms with Crippen LogP contribution in [0.1, 0.15) is 37.7 Å². The predicted octanol–water partition coefficient (Wildman–Crippen LogP) is 2.23. The lowest BCUT2D eigenvalue weighted by Crippen LogP contribution is -2.61. The first kappa shape index (κ1) is 17.3. The van der Waals surface area contributed by atoms with Crippen LogP contribution in [-0.4, -0.2) is 67.4 Å². The molecule has 5 aliphatic rings. The maximum absolute atomic E-state index is 13.0. The van der Waals surface area contributed by atoms with Gasteiger partial charge in [0.2, 0.25) is 12.7 Å². The Kier molecular flexibility index (Phi) is 4.48. The monoisotopic (exact) mass is 372 g/mol. The van der Waals surface area contributed by atoms with E-state index in [4.69, 9.17) is 14.2 Å². The van der Waals surface area contributed by atoms with Crippen molar-refractivity contribution in [3.63, 3.8) is 0 Å². The van der Waals surface area contributed by atoms with Crippen molar-refractivity contribution in [1.29, 1.82) is 0 Å². The van der Waals surface area contributed by atoms with Gasteiger partial charge in [0.15, 0.2) is 11.5 Å². The Labute approximate surface area is 160 Å². The number of carbonyl (C=O) groups excluding carboxylic acids is 1. The Hall–Kier alpha value is -1.79. The van der Waals surface area contributed by atoms with Gasteiger partial charge in [0.05, 0.1) is 6.04 Å². The van der Waals surface area contributed by atoms with Gasteiger partial charge >= 0.3 is 0 Å². The maximum Gasteiger partial charge on any atom is 0.248 e. The van der Waals surface area contributed by atoms with Crippen LogP contribution in [0.2, 0.25) is 0 Å². The highest BCUT2D eigenvalue weighted by atomic mass is 16.7. The van der Waals surface area contributed by atoms with Gasteiger partial charge in [0.25, 0.3) is 0 Å². The molecule has 0 aliphatic carbocycles. The van der Waals surface area contributed by atoms with Gasteiger partial charge in [-0.15, -0.1) is 0 Å². The zero-order valence-electron chi connectivity index (χ0n) is 15.9. The predicted molar refractivity (Wildman–Crippen MR) is 100 cm³/mol. The van der Waals surface area contributed by atoms with Crippen LogP contribution in [0.25, 0.3) is 0 Å². The summed E-state index contributed by atoms with van der Waals surface area (Å²) in [7, 11) is 0. The number of carbonyl (C=O) groups is 1. The lowest BCUT2D eigenvalue weighted by Gasteiger charge is -2.51. The van der Waals surface area contributed by atoms with Gasteiger partial charge in [-0.2, -0.15) is 0 Å². The largest absolute Gasteiger partial charge is 0.454 e. The number of hydrogen-bond donors (Lipinski definition) is 0. The Morgan fingerprint density at radius 1 is 1.19 bits per heavy atom. The van der Waals surface area contributed by atoms with Crippen molar-refractivity contribution in [3.8, 4) is 11.5 Å². The van der Waals surface area contributed by atoms with Gasteiger partial charge < -0.3 is 19.1 Å². The number of ether oxygens (including phenoxy) is 3. The number of nitrogens with zero attached hydrogens (tertiary/aromatic N) is 2. The molecule has 0 saturated carbocycles. The standard InChI is InChI=1S/C21H28N2O4/c1-2-9-25-12-19(24)23-11-16(15-3-4-17-18(10-15)27-13-26-17)21-20(23)14-5-7-22(21)8-6-14/h3-4,10,14,16,20-21H,2,5-9,11-13H2,1H3/t16-,20+,21+/m1/s1. The van der Waals surface area contributed by atoms with Crippen LogP contribution in [0.4, 0.5) is 0 Å². The zero-order valence-corrected chi connectivity index (χ0v) is 15.9. The van der Waals surface area contributed by atoms with E-state index < -0.39 is 0 Å². The second-order valence-electron chi connectivity index (χ2n) is 8.17. The van der Waals surface area contributed by atoms with E-state index in [1.54, 1.807) is 0 Å². The normalized spacial score (nSPS) is 33.4. The van der Waals surface area contributed by atoms with E-state index in [9.17, 15) is 4.79 Å². The first-order chi connectivity index (χ1) is 13.3. The van der Waals surface area contributed by atoms with E-state index in [0.717, 1.165) is 37.6 Å². The van der Waals surface area contributed by atoms with Crippen LogP contribution in [0.15, 0.2) is 18.2 Å². The third kappa shape index (κ3) is 2.90. The summed E-state index contributed by atoms with van der Waals surface area (Å²) in [6.07, 6.45) is 3.35. The van der Waals surface area contributed by atoms with Crippen molar-refractivity contribution in [2.75, 3.05) is 39.6 Å². The summed E-state index contributed by atoms with van der Waals surface area (Å²) in [6.45, 7) is 6.30. The molecule has 1 amide bonds. The summed E-state index contributed by atoms with van der Waals surface area (Å²) in [5, 5.41) is 0. The van der Waals surface area contributed by atoms with Crippen LogP contribution in [0, 0.1) is 5.92 Å². The van der Waals surface area contributed by atoms with Gasteiger partial charge in [-0.05, 0) is 56.0 Å². The third-order valence-electron chi connectivity index (χ3n) is 6.71. The molecule has 3 atom stereocenters. The van der Waals surface area contributed by atoms with Crippen molar-refractivity contribution in [2.24, 2.45) is 5.92 Å². The van der Waals surface area contributed by atoms with Crippen LogP contribution < -0.4 is 9.47 Å². The molecule has 0 unspecified atom stereocenters. The van der Waals surface area contributed by atoms with E-state index in [1.165, 1.54) is 18.4 Å². The molecule has 4 fully saturated rings. The van der Waals surface area contributed by atoms with Crippen molar-refractivity contribution in [3.05, 3.63) is 23.8 Å². The molecular weight excluding hydrogens is 344 g/mol. The number of fused-ring (bicyclic) bond motifs is 3. The summed E-state index contributed by atoms with van der Waals surface area (Å²) in [6, 6.07) is 7.02. The average Bonchev–Trinajstić information content (AvgIpc) is 3.34. The summed E-state index contributed by atoms with van der Waals surface area (Å²) in [5.74, 6) is 2.74. The SMILES string of the molecule is CCCOCC(=O)N1C[C@H](c2ccc3c(c2)OCO3)[C@H]2[C@@H]1C1CCN2CC1. The molecule has 6 nitrogen and oxygen atoms in total. The molecule has 6 heteroatoms. The number of likely N-dealkylation sites (tertiary alicyclic amines) is 1. The van der Waals surface area contributed by atoms with E-state index in [0.29, 0.717) is 37.3 Å². The maximum atomic E-state index is 13.0. The highest BCUT2D eigenvalue weighted by Gasteiger charge is 2.54. The molecule has 2 bridgehead atoms. The molecule has 0 radical (unpaired) electrons. The fourth-order valence-electron chi connectivity index (χ4n) is 5.53. The summed E-state index contributed by atoms with van der Waals surface area (Å²) in [4.78, 5) is 17.7. The second-order valence-corrected chi connectivity index (χ2v) is 8.17. The topological polar surface area (TPSA) is 51.2 Å². The summed E-state index contributed by atoms with van der Waals surface area (Å²) in [5.41, 5.74) is 1.26. The molecule has 0 spiro atoms. The van der Waals surface area contributed by atoms with E-state index >= 15 is 0 Å². The van der Waals surface area contributed by atoms with Crippen molar-refractivity contribution >= 4 is 5.91 Å². The minimum absolute atomic E-state index is 0.149. The molecule has 27 heavy (non-hydrogen) atoms. The summed E-state index contributed by atoms with van der Waals surface area (Å²) >= 11 is 0. The minimum Gasteiger partial charge on any atom is -0.454 e. The van der Waals surface area contributed by atoms with Crippen LogP contribution in [0.5, 0.6) is 11.5 Å². The van der Waals surface area contributed by atoms with Crippen LogP contribution >= 0.6 is 0 Å². The zero-order chi connectivity index (χ0) is 18.4. The fourth-order valence-corrected chi connectivity index (χ4v) is 5.53.